The van der Waals surface area contributed by atoms with Gasteiger partial charge in [-0.15, -0.1) is 11.3 Å². The van der Waals surface area contributed by atoms with Crippen LogP contribution in [0.3, 0.4) is 0 Å². The Labute approximate surface area is 171 Å². The first-order valence-electron chi connectivity index (χ1n) is 8.47. The number of carbonyl (C=O) groups excluding carboxylic acids is 1. The van der Waals surface area contributed by atoms with Crippen LogP contribution >= 0.6 is 22.9 Å². The molecule has 0 spiro atoms. The molecule has 12 heteroatoms. The van der Waals surface area contributed by atoms with E-state index in [-0.39, 0.29) is 29.5 Å². The summed E-state index contributed by atoms with van der Waals surface area (Å²) < 4.78 is 39.6. The highest BCUT2D eigenvalue weighted by atomic mass is 35.5. The van der Waals surface area contributed by atoms with Crippen LogP contribution in [-0.2, 0) is 6.18 Å². The fourth-order valence-electron chi connectivity index (χ4n) is 3.08. The molecular weight excluding hydrogens is 431 g/mol. The minimum Gasteiger partial charge on any atom is -0.352 e. The zero-order valence-electron chi connectivity index (χ0n) is 14.7. The Kier molecular flexibility index (Phi) is 4.95. The maximum Gasteiger partial charge on any atom is 0.417 e. The van der Waals surface area contributed by atoms with Gasteiger partial charge in [-0.2, -0.15) is 13.2 Å². The number of thiazole rings is 1. The van der Waals surface area contributed by atoms with Crippen molar-refractivity contribution < 1.29 is 18.0 Å². The average molecular weight is 444 g/mol. The fourth-order valence-corrected chi connectivity index (χ4v) is 4.04. The van der Waals surface area contributed by atoms with Crippen molar-refractivity contribution in [2.45, 2.75) is 6.18 Å². The Morgan fingerprint density at radius 3 is 2.52 bits per heavy atom. The van der Waals surface area contributed by atoms with E-state index >= 15 is 0 Å². The molecule has 0 radical (unpaired) electrons. The van der Waals surface area contributed by atoms with E-state index in [0.29, 0.717) is 18.1 Å². The number of rotatable bonds is 2. The highest BCUT2D eigenvalue weighted by Crippen LogP contribution is 2.33. The van der Waals surface area contributed by atoms with Gasteiger partial charge in [0, 0.05) is 50.1 Å². The molecule has 152 valence electrons. The molecule has 0 N–H and O–H groups in total. The molecule has 3 aromatic rings. The lowest BCUT2D eigenvalue weighted by Crippen LogP contribution is -2.50. The second kappa shape index (κ2) is 7.30. The highest BCUT2D eigenvalue weighted by Gasteiger charge is 2.32. The predicted molar refractivity (Wildman–Crippen MR) is 102 cm³/mol. The molecule has 29 heavy (non-hydrogen) atoms. The van der Waals surface area contributed by atoms with Crippen molar-refractivity contribution in [3.63, 3.8) is 0 Å². The Morgan fingerprint density at radius 1 is 1.14 bits per heavy atom. The molecule has 1 saturated heterocycles. The normalized spacial score (nSPS) is 15.2. The monoisotopic (exact) mass is 443 g/mol. The van der Waals surface area contributed by atoms with Crippen molar-refractivity contribution in [3.8, 4) is 0 Å². The van der Waals surface area contributed by atoms with Crippen LogP contribution in [0.1, 0.15) is 15.9 Å². The molecule has 4 heterocycles. The van der Waals surface area contributed by atoms with E-state index in [2.05, 4.69) is 9.97 Å². The minimum absolute atomic E-state index is 0.0277. The third kappa shape index (κ3) is 3.67. The van der Waals surface area contributed by atoms with Gasteiger partial charge in [0.1, 0.15) is 11.4 Å². The topological polar surface area (TPSA) is 70.8 Å². The first-order valence-corrected chi connectivity index (χ1v) is 9.73. The molecular formula is C17H13ClF3N5O2S. The first-order chi connectivity index (χ1) is 13.8. The number of halogens is 4. The molecule has 7 nitrogen and oxygen atoms in total. The molecule has 1 fully saturated rings. The molecule has 1 aliphatic rings. The molecule has 0 aliphatic carbocycles. The summed E-state index contributed by atoms with van der Waals surface area (Å²) in [5.41, 5.74) is -1.38. The lowest BCUT2D eigenvalue weighted by Gasteiger charge is -2.35. The fraction of sp³-hybridized carbons (Fsp3) is 0.294. The Bertz CT molecular complexity index is 1140. The number of nitrogens with zero attached hydrogens (tertiary/aromatic N) is 5. The lowest BCUT2D eigenvalue weighted by atomic mass is 10.2. The number of pyridine rings is 1. The van der Waals surface area contributed by atoms with E-state index in [1.54, 1.807) is 16.5 Å². The molecule has 4 rings (SSSR count). The number of alkyl halides is 3. The number of anilines is 1. The minimum atomic E-state index is -4.52. The second-order valence-corrected chi connectivity index (χ2v) is 7.62. The number of amides is 1. The van der Waals surface area contributed by atoms with E-state index in [1.165, 1.54) is 26.8 Å². The van der Waals surface area contributed by atoms with Crippen molar-refractivity contribution in [1.29, 1.82) is 0 Å². The Morgan fingerprint density at radius 2 is 1.86 bits per heavy atom. The van der Waals surface area contributed by atoms with Crippen molar-refractivity contribution in [2.24, 2.45) is 0 Å². The molecule has 1 aliphatic heterocycles. The van der Waals surface area contributed by atoms with E-state index in [9.17, 15) is 22.8 Å². The van der Waals surface area contributed by atoms with Crippen molar-refractivity contribution in [1.82, 2.24) is 19.3 Å². The molecule has 1 amide bonds. The SMILES string of the molecule is O=C(c1cnc2sccn2c1=O)N1CCN(c2ncc(C(F)(F)F)cc2Cl)CC1. The highest BCUT2D eigenvalue weighted by molar-refractivity contribution is 7.15. The summed E-state index contributed by atoms with van der Waals surface area (Å²) in [4.78, 5) is 36.9. The molecule has 0 bridgehead atoms. The summed E-state index contributed by atoms with van der Waals surface area (Å²) in [7, 11) is 0. The predicted octanol–water partition coefficient (Wildman–Crippen LogP) is 2.79. The van der Waals surface area contributed by atoms with Crippen LogP contribution in [0, 0.1) is 0 Å². The number of aromatic nitrogens is 3. The zero-order chi connectivity index (χ0) is 20.8. The van der Waals surface area contributed by atoms with Gasteiger partial charge in [0.15, 0.2) is 4.96 Å². The quantitative estimate of drug-likeness (QED) is 0.609. The first kappa shape index (κ1) is 19.6. The van der Waals surface area contributed by atoms with E-state index < -0.39 is 23.2 Å². The number of carbonyl (C=O) groups is 1. The van der Waals surface area contributed by atoms with Crippen LogP contribution in [0.2, 0.25) is 5.02 Å². The van der Waals surface area contributed by atoms with Crippen molar-refractivity contribution >= 4 is 39.6 Å². The molecule has 3 aromatic heterocycles. The number of hydrogen-bond donors (Lipinski definition) is 0. The van der Waals surface area contributed by atoms with Gasteiger partial charge >= 0.3 is 6.18 Å². The molecule has 0 saturated carbocycles. The van der Waals surface area contributed by atoms with Gasteiger partial charge in [-0.05, 0) is 6.07 Å². The maximum absolute atomic E-state index is 12.8. The van der Waals surface area contributed by atoms with Gasteiger partial charge in [0.25, 0.3) is 11.5 Å². The third-order valence-corrected chi connectivity index (χ3v) is 5.64. The van der Waals surface area contributed by atoms with Crippen molar-refractivity contribution in [2.75, 3.05) is 31.1 Å². The number of fused-ring (bicyclic) bond motifs is 1. The molecule has 0 atom stereocenters. The average Bonchev–Trinajstić information content (AvgIpc) is 3.17. The van der Waals surface area contributed by atoms with E-state index in [4.69, 9.17) is 11.6 Å². The van der Waals surface area contributed by atoms with Crippen LogP contribution in [0.5, 0.6) is 0 Å². The molecule has 0 unspecified atom stereocenters. The van der Waals surface area contributed by atoms with Crippen LogP contribution in [-0.4, -0.2) is 51.4 Å². The molecule has 0 aromatic carbocycles. The van der Waals surface area contributed by atoms with Gasteiger partial charge in [-0.3, -0.25) is 14.0 Å². The Balaban J connectivity index is 1.48. The van der Waals surface area contributed by atoms with Gasteiger partial charge in [-0.25, -0.2) is 9.97 Å². The second-order valence-electron chi connectivity index (χ2n) is 6.34. The standard InChI is InChI=1S/C17H13ClF3N5O2S/c18-12-7-10(17(19,20)21)8-22-13(12)24-1-3-25(4-2-24)14(27)11-9-23-16-26(15(11)28)5-6-29-16/h5-9H,1-4H2. The van der Waals surface area contributed by atoms with Gasteiger partial charge in [-0.1, -0.05) is 11.6 Å². The van der Waals surface area contributed by atoms with Gasteiger partial charge in [0.05, 0.1) is 10.6 Å². The number of piperazine rings is 1. The van der Waals surface area contributed by atoms with Crippen LogP contribution in [0.4, 0.5) is 19.0 Å². The summed E-state index contributed by atoms with van der Waals surface area (Å²) in [6.45, 7) is 1.17. The van der Waals surface area contributed by atoms with Crippen LogP contribution < -0.4 is 10.5 Å². The lowest BCUT2D eigenvalue weighted by molar-refractivity contribution is -0.137. The summed E-state index contributed by atoms with van der Waals surface area (Å²) in [6.07, 6.45) is -0.952. The van der Waals surface area contributed by atoms with Gasteiger partial charge < -0.3 is 9.80 Å². The summed E-state index contributed by atoms with van der Waals surface area (Å²) in [5.74, 6) is -0.206. The van der Waals surface area contributed by atoms with Crippen molar-refractivity contribution in [3.05, 3.63) is 56.5 Å². The zero-order valence-corrected chi connectivity index (χ0v) is 16.3. The van der Waals surface area contributed by atoms with Crippen LogP contribution in [0.25, 0.3) is 4.96 Å². The third-order valence-electron chi connectivity index (χ3n) is 4.59. The Hall–Kier alpha value is -2.66. The summed E-state index contributed by atoms with van der Waals surface area (Å²) >= 11 is 7.28. The van der Waals surface area contributed by atoms with Gasteiger partial charge in [0.2, 0.25) is 0 Å². The largest absolute Gasteiger partial charge is 0.417 e. The number of hydrogen-bond acceptors (Lipinski definition) is 6. The summed E-state index contributed by atoms with van der Waals surface area (Å²) in [6, 6.07) is 0.837. The summed E-state index contributed by atoms with van der Waals surface area (Å²) in [5, 5.41) is 1.60. The smallest absolute Gasteiger partial charge is 0.352 e. The van der Waals surface area contributed by atoms with E-state index in [1.807, 2.05) is 0 Å². The van der Waals surface area contributed by atoms with Crippen LogP contribution in [0.15, 0.2) is 34.8 Å². The maximum atomic E-state index is 12.8. The van der Waals surface area contributed by atoms with E-state index in [0.717, 1.165) is 12.3 Å².